The number of pyridine rings is 1. The van der Waals surface area contributed by atoms with E-state index >= 15 is 0 Å². The van der Waals surface area contributed by atoms with Crippen LogP contribution >= 0.6 is 0 Å². The first-order valence-electron chi connectivity index (χ1n) is 19.3. The highest BCUT2D eigenvalue weighted by molar-refractivity contribution is 6.31. The normalized spacial score (nSPS) is 24.5. The van der Waals surface area contributed by atoms with Gasteiger partial charge in [0, 0.05) is 62.5 Å². The molecule has 2 aromatic rings. The van der Waals surface area contributed by atoms with Gasteiger partial charge >= 0.3 is 6.09 Å². The Kier molecular flexibility index (Phi) is 12.2. The topological polar surface area (TPSA) is 87.7 Å². The maximum atomic E-state index is 14.5. The zero-order chi connectivity index (χ0) is 39.1. The van der Waals surface area contributed by atoms with E-state index in [0.717, 1.165) is 22.5 Å². The molecule has 0 saturated carbocycles. The molecule has 5 rings (SSSR count). The van der Waals surface area contributed by atoms with Crippen LogP contribution in [0.2, 0.25) is 5.04 Å². The average Bonchev–Trinajstić information content (AvgIpc) is 3.31. The van der Waals surface area contributed by atoms with Gasteiger partial charge in [-0.2, -0.15) is 0 Å². The highest BCUT2D eigenvalue weighted by Crippen LogP contribution is 2.40. The minimum atomic E-state index is -0.794. The molecule has 0 aliphatic carbocycles. The third-order valence-electron chi connectivity index (χ3n) is 10.6. The molecule has 4 heterocycles. The highest BCUT2D eigenvalue weighted by Gasteiger charge is 2.44. The number of hydrogen-bond donors (Lipinski definition) is 0. The zero-order valence-electron chi connectivity index (χ0n) is 34.3. The molecule has 294 valence electrons. The first-order chi connectivity index (χ1) is 24.5. The number of nitrogens with zero attached hydrogens (tertiary/aromatic N) is 5. The summed E-state index contributed by atoms with van der Waals surface area (Å²) in [6, 6.07) is 8.47. The number of halogens is 1. The Bertz CT molecular complexity index is 1610. The van der Waals surface area contributed by atoms with Gasteiger partial charge in [-0.15, -0.1) is 0 Å². The van der Waals surface area contributed by atoms with Crippen molar-refractivity contribution in [2.45, 2.75) is 135 Å². The molecule has 4 atom stereocenters. The fraction of sp³-hybridized carbons (Fsp3) is 0.683. The molecule has 2 amide bonds. The van der Waals surface area contributed by atoms with Crippen molar-refractivity contribution in [2.75, 3.05) is 50.8 Å². The summed E-state index contributed by atoms with van der Waals surface area (Å²) in [6.07, 6.45) is 2.03. The number of benzene rings is 1. The van der Waals surface area contributed by atoms with Crippen molar-refractivity contribution >= 4 is 27.5 Å². The lowest BCUT2D eigenvalue weighted by atomic mass is 9.91. The summed E-state index contributed by atoms with van der Waals surface area (Å²) in [5.74, 6) is -0.257. The Hall–Kier alpha value is -2.90. The van der Waals surface area contributed by atoms with Gasteiger partial charge in [-0.05, 0) is 89.3 Å². The van der Waals surface area contributed by atoms with Crippen molar-refractivity contribution in [2.24, 2.45) is 0 Å². The largest absolute Gasteiger partial charge is 0.444 e. The van der Waals surface area contributed by atoms with Crippen molar-refractivity contribution in [1.82, 2.24) is 19.7 Å². The molecule has 1 aromatic carbocycles. The van der Waals surface area contributed by atoms with Crippen LogP contribution in [-0.2, 0) is 30.5 Å². The summed E-state index contributed by atoms with van der Waals surface area (Å²) in [5.41, 5.74) is 2.32. The van der Waals surface area contributed by atoms with Gasteiger partial charge in [-0.3, -0.25) is 19.6 Å². The van der Waals surface area contributed by atoms with Gasteiger partial charge in [0.15, 0.2) is 9.76 Å². The van der Waals surface area contributed by atoms with Crippen molar-refractivity contribution in [3.8, 4) is 0 Å². The van der Waals surface area contributed by atoms with Crippen LogP contribution in [0.1, 0.15) is 99.9 Å². The second-order valence-electron chi connectivity index (χ2n) is 19.0. The van der Waals surface area contributed by atoms with Crippen LogP contribution in [0.3, 0.4) is 0 Å². The molecule has 2 fully saturated rings. The van der Waals surface area contributed by atoms with Crippen LogP contribution in [0.25, 0.3) is 0 Å². The van der Waals surface area contributed by atoms with Crippen LogP contribution in [0.15, 0.2) is 36.5 Å². The van der Waals surface area contributed by atoms with Crippen LogP contribution in [0.5, 0.6) is 0 Å². The standard InChI is InChI=1S/C41H64FN5O5Si/c1-27-20-45(24-35(48)47-26-40(9,10)36-33(47)18-30(19-43-36)17-29-13-15-31(42)16-14-29)32(22-46(27)37(49)51-38(3,4)5)21-44-23-34(50-25-28(44)2)41(11,12)52-53-39(6,7)8/h13-16,18-19,27-28,32,34H,17,20-26,53H2,1-12H3/t27-,28-,32+,34-/m1/s1. The lowest BCUT2D eigenvalue weighted by Gasteiger charge is -2.49. The smallest absolute Gasteiger partial charge is 0.410 e. The minimum absolute atomic E-state index is 0.00931. The maximum absolute atomic E-state index is 14.5. The monoisotopic (exact) mass is 753 g/mol. The van der Waals surface area contributed by atoms with E-state index < -0.39 is 21.0 Å². The molecule has 2 saturated heterocycles. The third kappa shape index (κ3) is 10.4. The van der Waals surface area contributed by atoms with Crippen molar-refractivity contribution in [1.29, 1.82) is 0 Å². The predicted octanol–water partition coefficient (Wildman–Crippen LogP) is 5.93. The quantitative estimate of drug-likeness (QED) is 0.292. The minimum Gasteiger partial charge on any atom is -0.444 e. The Labute approximate surface area is 319 Å². The summed E-state index contributed by atoms with van der Waals surface area (Å²) in [4.78, 5) is 41.3. The Morgan fingerprint density at radius 3 is 2.28 bits per heavy atom. The van der Waals surface area contributed by atoms with E-state index in [-0.39, 0.29) is 59.0 Å². The van der Waals surface area contributed by atoms with E-state index in [9.17, 15) is 14.0 Å². The number of rotatable bonds is 9. The molecular formula is C41H64FN5O5Si. The molecule has 53 heavy (non-hydrogen) atoms. The third-order valence-corrected chi connectivity index (χ3v) is 12.4. The number of carbonyl (C=O) groups is 2. The lowest BCUT2D eigenvalue weighted by Crippen LogP contribution is -2.65. The first kappa shape index (κ1) is 41.3. The predicted molar refractivity (Wildman–Crippen MR) is 211 cm³/mol. The Balaban J connectivity index is 1.37. The molecule has 3 aliphatic heterocycles. The van der Waals surface area contributed by atoms with Gasteiger partial charge in [0.2, 0.25) is 5.91 Å². The molecule has 1 aromatic heterocycles. The summed E-state index contributed by atoms with van der Waals surface area (Å²) in [6.45, 7) is 28.8. The number of morpholine rings is 1. The number of carbonyl (C=O) groups excluding carboxylic acids is 2. The van der Waals surface area contributed by atoms with Crippen molar-refractivity contribution in [3.63, 3.8) is 0 Å². The SMILES string of the molecule is C[C@@H]1CO[C@@H](C(C)(C)O[SiH2]C(C)(C)C)CN1C[C@H]1CN(C(=O)OC(C)(C)C)[C@H](C)CN1CC(=O)N1CC(C)(C)c2ncc(Cc3ccc(F)cc3)cc21. The van der Waals surface area contributed by atoms with E-state index in [1.54, 1.807) is 12.1 Å². The van der Waals surface area contributed by atoms with Crippen LogP contribution in [0, 0.1) is 5.82 Å². The van der Waals surface area contributed by atoms with Crippen molar-refractivity contribution < 1.29 is 27.9 Å². The maximum Gasteiger partial charge on any atom is 0.410 e. The second kappa shape index (κ2) is 15.7. The van der Waals surface area contributed by atoms with E-state index in [2.05, 4.69) is 71.3 Å². The lowest BCUT2D eigenvalue weighted by molar-refractivity contribution is -0.139. The summed E-state index contributed by atoms with van der Waals surface area (Å²) >= 11 is 0. The zero-order valence-corrected chi connectivity index (χ0v) is 35.7. The van der Waals surface area contributed by atoms with Gasteiger partial charge in [0.1, 0.15) is 11.4 Å². The number of hydrogen-bond acceptors (Lipinski definition) is 8. The van der Waals surface area contributed by atoms with E-state index in [1.807, 2.05) is 43.7 Å². The molecule has 12 heteroatoms. The van der Waals surface area contributed by atoms with Gasteiger partial charge in [-0.25, -0.2) is 9.18 Å². The van der Waals surface area contributed by atoms with E-state index in [0.29, 0.717) is 45.8 Å². The first-order valence-corrected chi connectivity index (χ1v) is 20.6. The van der Waals surface area contributed by atoms with E-state index in [1.165, 1.54) is 12.1 Å². The highest BCUT2D eigenvalue weighted by atomic mass is 28.2. The Morgan fingerprint density at radius 2 is 1.64 bits per heavy atom. The number of amides is 2. The molecule has 0 spiro atoms. The molecule has 0 N–H and O–H groups in total. The fourth-order valence-corrected chi connectivity index (χ4v) is 8.48. The van der Waals surface area contributed by atoms with Gasteiger partial charge in [0.25, 0.3) is 0 Å². The molecule has 0 unspecified atom stereocenters. The number of aromatic nitrogens is 1. The summed E-state index contributed by atoms with van der Waals surface area (Å²) in [7, 11) is -0.794. The molecule has 0 bridgehead atoms. The number of piperazine rings is 1. The fourth-order valence-electron chi connectivity index (χ4n) is 7.49. The Morgan fingerprint density at radius 1 is 0.962 bits per heavy atom. The van der Waals surface area contributed by atoms with Crippen LogP contribution in [-0.4, -0.2) is 123 Å². The molecular weight excluding hydrogens is 690 g/mol. The summed E-state index contributed by atoms with van der Waals surface area (Å²) in [5, 5.41) is 0.168. The van der Waals surface area contributed by atoms with Gasteiger partial charge in [-0.1, -0.05) is 46.8 Å². The average molecular weight is 754 g/mol. The number of ether oxygens (including phenoxy) is 2. The van der Waals surface area contributed by atoms with Crippen LogP contribution in [0.4, 0.5) is 14.9 Å². The molecule has 0 radical (unpaired) electrons. The molecule has 3 aliphatic rings. The summed E-state index contributed by atoms with van der Waals surface area (Å²) < 4.78 is 32.4. The van der Waals surface area contributed by atoms with Crippen LogP contribution < -0.4 is 4.90 Å². The van der Waals surface area contributed by atoms with E-state index in [4.69, 9.17) is 18.9 Å². The number of anilines is 1. The van der Waals surface area contributed by atoms with Gasteiger partial charge in [0.05, 0.1) is 36.2 Å². The second-order valence-corrected chi connectivity index (χ2v) is 21.7. The van der Waals surface area contributed by atoms with Gasteiger partial charge < -0.3 is 23.7 Å². The van der Waals surface area contributed by atoms with Crippen molar-refractivity contribution in [3.05, 3.63) is 59.2 Å². The molecule has 10 nitrogen and oxygen atoms in total. The number of fused-ring (bicyclic) bond motifs is 1.